The Kier molecular flexibility index (Phi) is 6.52. The van der Waals surface area contributed by atoms with E-state index in [1.165, 1.54) is 10.9 Å². The molecule has 0 aliphatic carbocycles. The van der Waals surface area contributed by atoms with Crippen LogP contribution >= 0.6 is 0 Å². The number of carbonyl (C=O) groups excluding carboxylic acids is 1. The number of ether oxygens (including phenoxy) is 2. The van der Waals surface area contributed by atoms with Crippen LogP contribution in [0, 0.1) is 6.92 Å². The standard InChI is InChI=1S/C26H30N2O3/c1-18(2)30-17-26(29)28-14-12-22(13-15-28)31-21-10-8-20(9-11-21)24-16-27-25-7-5-4-6-23(25)19(24)3/h4-11,16,18,22H,12-15,17H2,1-3H3. The number of likely N-dealkylation sites (tertiary alicyclic amines) is 1. The third-order valence-corrected chi connectivity index (χ3v) is 5.85. The van der Waals surface area contributed by atoms with Gasteiger partial charge in [0.1, 0.15) is 18.5 Å². The summed E-state index contributed by atoms with van der Waals surface area (Å²) in [5.74, 6) is 0.930. The second kappa shape index (κ2) is 9.48. The SMILES string of the molecule is Cc1c(-c2ccc(OC3CCN(C(=O)COC(C)C)CC3)cc2)cnc2ccccc12. The van der Waals surface area contributed by atoms with Crippen LogP contribution in [0.3, 0.4) is 0 Å². The smallest absolute Gasteiger partial charge is 0.248 e. The lowest BCUT2D eigenvalue weighted by molar-refractivity contribution is -0.139. The maximum absolute atomic E-state index is 12.2. The molecule has 1 amide bonds. The van der Waals surface area contributed by atoms with Crippen molar-refractivity contribution in [3.8, 4) is 16.9 Å². The average Bonchev–Trinajstić information content (AvgIpc) is 2.79. The van der Waals surface area contributed by atoms with Crippen LogP contribution in [0.15, 0.2) is 54.7 Å². The summed E-state index contributed by atoms with van der Waals surface area (Å²) in [7, 11) is 0. The van der Waals surface area contributed by atoms with Crippen LogP contribution in [0.25, 0.3) is 22.0 Å². The molecule has 31 heavy (non-hydrogen) atoms. The Morgan fingerprint density at radius 2 is 1.81 bits per heavy atom. The molecule has 1 aliphatic heterocycles. The zero-order valence-electron chi connectivity index (χ0n) is 18.5. The topological polar surface area (TPSA) is 51.7 Å². The predicted octanol–water partition coefficient (Wildman–Crippen LogP) is 5.01. The Labute approximate surface area is 184 Å². The van der Waals surface area contributed by atoms with Crippen LogP contribution in [0.2, 0.25) is 0 Å². The molecule has 1 aliphatic rings. The van der Waals surface area contributed by atoms with Gasteiger partial charge in [0.25, 0.3) is 0 Å². The highest BCUT2D eigenvalue weighted by atomic mass is 16.5. The van der Waals surface area contributed by atoms with Crippen molar-refractivity contribution in [1.82, 2.24) is 9.88 Å². The number of para-hydroxylation sites is 1. The molecule has 162 valence electrons. The summed E-state index contributed by atoms with van der Waals surface area (Å²) in [6, 6.07) is 16.5. The number of amides is 1. The van der Waals surface area contributed by atoms with Crippen molar-refractivity contribution < 1.29 is 14.3 Å². The van der Waals surface area contributed by atoms with Gasteiger partial charge in [0.05, 0.1) is 11.6 Å². The molecule has 1 fully saturated rings. The fraction of sp³-hybridized carbons (Fsp3) is 0.385. The van der Waals surface area contributed by atoms with E-state index in [0.29, 0.717) is 13.1 Å². The summed E-state index contributed by atoms with van der Waals surface area (Å²) in [5, 5.41) is 1.18. The number of benzene rings is 2. The predicted molar refractivity (Wildman–Crippen MR) is 123 cm³/mol. The highest BCUT2D eigenvalue weighted by molar-refractivity contribution is 5.88. The average molecular weight is 419 g/mol. The number of fused-ring (bicyclic) bond motifs is 1. The van der Waals surface area contributed by atoms with E-state index in [1.807, 2.05) is 55.3 Å². The highest BCUT2D eigenvalue weighted by Gasteiger charge is 2.24. The second-order valence-electron chi connectivity index (χ2n) is 8.40. The fourth-order valence-electron chi connectivity index (χ4n) is 4.03. The molecule has 3 aromatic rings. The molecule has 0 spiro atoms. The van der Waals surface area contributed by atoms with E-state index in [0.717, 1.165) is 35.2 Å². The molecule has 1 saturated heterocycles. The molecule has 0 unspecified atom stereocenters. The molecular formula is C26H30N2O3. The Hall–Kier alpha value is -2.92. The van der Waals surface area contributed by atoms with Gasteiger partial charge in [-0.15, -0.1) is 0 Å². The molecule has 1 aromatic heterocycles. The monoisotopic (exact) mass is 418 g/mol. The molecular weight excluding hydrogens is 388 g/mol. The van der Waals surface area contributed by atoms with E-state index in [-0.39, 0.29) is 24.7 Å². The number of carbonyl (C=O) groups is 1. The lowest BCUT2D eigenvalue weighted by Gasteiger charge is -2.32. The number of aryl methyl sites for hydroxylation is 1. The summed E-state index contributed by atoms with van der Waals surface area (Å²) >= 11 is 0. The molecule has 0 radical (unpaired) electrons. The van der Waals surface area contributed by atoms with Gasteiger partial charge >= 0.3 is 0 Å². The first kappa shape index (κ1) is 21.3. The molecule has 4 rings (SSSR count). The van der Waals surface area contributed by atoms with Gasteiger partial charge in [-0.05, 0) is 50.1 Å². The van der Waals surface area contributed by atoms with E-state index in [9.17, 15) is 4.79 Å². The van der Waals surface area contributed by atoms with Gasteiger partial charge in [-0.2, -0.15) is 0 Å². The first-order chi connectivity index (χ1) is 15.0. The van der Waals surface area contributed by atoms with Crippen LogP contribution in [0.1, 0.15) is 32.3 Å². The fourth-order valence-corrected chi connectivity index (χ4v) is 4.03. The van der Waals surface area contributed by atoms with Crippen molar-refractivity contribution in [1.29, 1.82) is 0 Å². The van der Waals surface area contributed by atoms with Crippen LogP contribution < -0.4 is 4.74 Å². The first-order valence-corrected chi connectivity index (χ1v) is 11.0. The molecule has 0 saturated carbocycles. The van der Waals surface area contributed by atoms with Gasteiger partial charge < -0.3 is 14.4 Å². The van der Waals surface area contributed by atoms with Gasteiger partial charge in [-0.3, -0.25) is 9.78 Å². The third-order valence-electron chi connectivity index (χ3n) is 5.85. The third kappa shape index (κ3) is 5.05. The van der Waals surface area contributed by atoms with E-state index in [2.05, 4.69) is 30.1 Å². The zero-order valence-corrected chi connectivity index (χ0v) is 18.5. The van der Waals surface area contributed by atoms with Crippen LogP contribution in [0.5, 0.6) is 5.75 Å². The number of hydrogen-bond donors (Lipinski definition) is 0. The summed E-state index contributed by atoms with van der Waals surface area (Å²) in [4.78, 5) is 18.7. The van der Waals surface area contributed by atoms with E-state index >= 15 is 0 Å². The van der Waals surface area contributed by atoms with Gasteiger partial charge in [-0.1, -0.05) is 30.3 Å². The van der Waals surface area contributed by atoms with Gasteiger partial charge in [0.15, 0.2) is 0 Å². The summed E-state index contributed by atoms with van der Waals surface area (Å²) in [6.07, 6.45) is 3.82. The highest BCUT2D eigenvalue weighted by Crippen LogP contribution is 2.30. The Balaban J connectivity index is 1.36. The number of hydrogen-bond acceptors (Lipinski definition) is 4. The minimum absolute atomic E-state index is 0.0656. The minimum atomic E-state index is 0.0656. The Morgan fingerprint density at radius 3 is 2.52 bits per heavy atom. The summed E-state index contributed by atoms with van der Waals surface area (Å²) < 4.78 is 11.6. The van der Waals surface area contributed by atoms with Crippen molar-refractivity contribution in [2.24, 2.45) is 0 Å². The molecule has 5 heteroatoms. The van der Waals surface area contributed by atoms with Crippen molar-refractivity contribution >= 4 is 16.8 Å². The summed E-state index contributed by atoms with van der Waals surface area (Å²) in [6.45, 7) is 7.61. The number of rotatable bonds is 6. The van der Waals surface area contributed by atoms with Crippen molar-refractivity contribution in [2.75, 3.05) is 19.7 Å². The quantitative estimate of drug-likeness (QED) is 0.565. The summed E-state index contributed by atoms with van der Waals surface area (Å²) in [5.41, 5.74) is 4.52. The van der Waals surface area contributed by atoms with Crippen molar-refractivity contribution in [3.63, 3.8) is 0 Å². The van der Waals surface area contributed by atoms with Crippen LogP contribution in [-0.4, -0.2) is 47.7 Å². The van der Waals surface area contributed by atoms with Crippen LogP contribution in [0.4, 0.5) is 0 Å². The van der Waals surface area contributed by atoms with Crippen LogP contribution in [-0.2, 0) is 9.53 Å². The Morgan fingerprint density at radius 1 is 1.10 bits per heavy atom. The lowest BCUT2D eigenvalue weighted by Crippen LogP contribution is -2.43. The van der Waals surface area contributed by atoms with E-state index in [1.54, 1.807) is 0 Å². The molecule has 2 heterocycles. The maximum atomic E-state index is 12.2. The van der Waals surface area contributed by atoms with Gasteiger partial charge in [0, 0.05) is 43.1 Å². The van der Waals surface area contributed by atoms with Gasteiger partial charge in [-0.25, -0.2) is 0 Å². The van der Waals surface area contributed by atoms with Crippen molar-refractivity contribution in [2.45, 2.75) is 45.8 Å². The van der Waals surface area contributed by atoms with Gasteiger partial charge in [0.2, 0.25) is 5.91 Å². The molecule has 2 aromatic carbocycles. The largest absolute Gasteiger partial charge is 0.490 e. The number of nitrogens with zero attached hydrogens (tertiary/aromatic N) is 2. The maximum Gasteiger partial charge on any atom is 0.248 e. The zero-order chi connectivity index (χ0) is 21.8. The number of aromatic nitrogens is 1. The molecule has 0 atom stereocenters. The number of pyridine rings is 1. The van der Waals surface area contributed by atoms with Crippen molar-refractivity contribution in [3.05, 3.63) is 60.3 Å². The van der Waals surface area contributed by atoms with E-state index in [4.69, 9.17) is 9.47 Å². The lowest BCUT2D eigenvalue weighted by atomic mass is 9.99. The molecule has 0 N–H and O–H groups in total. The first-order valence-electron chi connectivity index (χ1n) is 11.0. The minimum Gasteiger partial charge on any atom is -0.490 e. The number of piperidine rings is 1. The molecule has 0 bridgehead atoms. The second-order valence-corrected chi connectivity index (χ2v) is 8.40. The van der Waals surface area contributed by atoms with E-state index < -0.39 is 0 Å². The Bertz CT molecular complexity index is 1040. The molecule has 5 nitrogen and oxygen atoms in total. The normalized spacial score (nSPS) is 14.9.